The number of halogens is 1. The van der Waals surface area contributed by atoms with Gasteiger partial charge in [-0.2, -0.15) is 0 Å². The lowest BCUT2D eigenvalue weighted by molar-refractivity contribution is 0.619. The Bertz CT molecular complexity index is 1640. The van der Waals surface area contributed by atoms with Crippen molar-refractivity contribution in [3.8, 4) is 34.4 Å². The van der Waals surface area contributed by atoms with Crippen molar-refractivity contribution in [2.24, 2.45) is 0 Å². The van der Waals surface area contributed by atoms with E-state index in [2.05, 4.69) is 9.97 Å². The monoisotopic (exact) mass is 447 g/mol. The molecule has 0 radical (unpaired) electrons. The molecule has 34 heavy (non-hydrogen) atoms. The van der Waals surface area contributed by atoms with Crippen molar-refractivity contribution in [1.82, 2.24) is 34.3 Å². The van der Waals surface area contributed by atoms with Gasteiger partial charge in [0.2, 0.25) is 0 Å². The van der Waals surface area contributed by atoms with Gasteiger partial charge in [-0.3, -0.25) is 9.97 Å². The van der Waals surface area contributed by atoms with Gasteiger partial charge < -0.3 is 4.57 Å². The molecule has 0 spiro atoms. The summed E-state index contributed by atoms with van der Waals surface area (Å²) in [6.45, 7) is 1.73. The molecule has 0 fully saturated rings. The van der Waals surface area contributed by atoms with Crippen LogP contribution in [0, 0.1) is 12.7 Å². The molecule has 8 heteroatoms. The smallest absolute Gasteiger partial charge is 0.182 e. The van der Waals surface area contributed by atoms with E-state index in [0.717, 1.165) is 22.5 Å². The van der Waals surface area contributed by atoms with Crippen molar-refractivity contribution in [2.45, 2.75) is 6.92 Å². The van der Waals surface area contributed by atoms with E-state index in [9.17, 15) is 4.39 Å². The summed E-state index contributed by atoms with van der Waals surface area (Å²) in [6, 6.07) is 20.3. The molecular weight excluding hydrogens is 429 g/mol. The molecule has 2 aromatic carbocycles. The van der Waals surface area contributed by atoms with Gasteiger partial charge in [0.25, 0.3) is 0 Å². The molecule has 7 nitrogen and oxygen atoms in total. The molecule has 164 valence electrons. The molecule has 0 bridgehead atoms. The minimum atomic E-state index is -0.302. The number of benzene rings is 2. The molecule has 0 aliphatic carbocycles. The lowest BCUT2D eigenvalue weighted by Gasteiger charge is -2.08. The molecule has 6 aromatic rings. The second-order valence-electron chi connectivity index (χ2n) is 7.84. The zero-order chi connectivity index (χ0) is 23.1. The number of pyridine rings is 1. The lowest BCUT2D eigenvalue weighted by atomic mass is 10.1. The average Bonchev–Trinajstić information content (AvgIpc) is 3.56. The van der Waals surface area contributed by atoms with Crippen molar-refractivity contribution in [3.05, 3.63) is 103 Å². The highest BCUT2D eigenvalue weighted by Gasteiger charge is 2.18. The van der Waals surface area contributed by atoms with Crippen LogP contribution >= 0.6 is 0 Å². The maximum absolute atomic E-state index is 14.3. The first kappa shape index (κ1) is 19.9. The van der Waals surface area contributed by atoms with E-state index in [4.69, 9.17) is 15.1 Å². The van der Waals surface area contributed by atoms with E-state index in [1.54, 1.807) is 30.1 Å². The van der Waals surface area contributed by atoms with Crippen molar-refractivity contribution < 1.29 is 4.39 Å². The van der Waals surface area contributed by atoms with Gasteiger partial charge in [0.15, 0.2) is 11.6 Å². The Labute approximate surface area is 194 Å². The lowest BCUT2D eigenvalue weighted by Crippen LogP contribution is -2.03. The van der Waals surface area contributed by atoms with Crippen LogP contribution in [0.15, 0.2) is 91.5 Å². The van der Waals surface area contributed by atoms with Crippen LogP contribution in [-0.2, 0) is 0 Å². The third-order valence-electron chi connectivity index (χ3n) is 5.57. The van der Waals surface area contributed by atoms with E-state index >= 15 is 0 Å². The summed E-state index contributed by atoms with van der Waals surface area (Å²) in [5, 5.41) is 4.74. The fourth-order valence-electron chi connectivity index (χ4n) is 3.77. The van der Waals surface area contributed by atoms with E-state index in [0.29, 0.717) is 28.5 Å². The molecule has 0 unspecified atom stereocenters. The molecule has 4 heterocycles. The Morgan fingerprint density at radius 2 is 1.62 bits per heavy atom. The Morgan fingerprint density at radius 1 is 0.794 bits per heavy atom. The highest BCUT2D eigenvalue weighted by molar-refractivity contribution is 5.77. The van der Waals surface area contributed by atoms with Gasteiger partial charge in [-0.15, -0.1) is 5.10 Å². The van der Waals surface area contributed by atoms with Gasteiger partial charge in [-0.25, -0.2) is 19.0 Å². The van der Waals surface area contributed by atoms with E-state index in [1.807, 2.05) is 71.6 Å². The third kappa shape index (κ3) is 3.51. The van der Waals surface area contributed by atoms with Crippen molar-refractivity contribution >= 4 is 11.0 Å². The Balaban J connectivity index is 1.55. The summed E-state index contributed by atoms with van der Waals surface area (Å²) in [6.07, 6.45) is 7.17. The van der Waals surface area contributed by atoms with Crippen LogP contribution < -0.4 is 0 Å². The first-order valence-corrected chi connectivity index (χ1v) is 10.7. The van der Waals surface area contributed by atoms with Gasteiger partial charge in [0.05, 0.1) is 16.7 Å². The van der Waals surface area contributed by atoms with Crippen molar-refractivity contribution in [2.75, 3.05) is 0 Å². The largest absolute Gasteiger partial charge is 0.309 e. The number of hydrogen-bond acceptors (Lipinski definition) is 5. The molecule has 0 saturated heterocycles. The normalized spacial score (nSPS) is 11.2. The number of aryl methyl sites for hydroxylation is 1. The van der Waals surface area contributed by atoms with Crippen LogP contribution in [0.25, 0.3) is 45.4 Å². The van der Waals surface area contributed by atoms with Gasteiger partial charge in [0.1, 0.15) is 17.3 Å². The zero-order valence-corrected chi connectivity index (χ0v) is 18.2. The van der Waals surface area contributed by atoms with Crippen LogP contribution in [-0.4, -0.2) is 34.3 Å². The van der Waals surface area contributed by atoms with Crippen LogP contribution in [0.3, 0.4) is 0 Å². The zero-order valence-electron chi connectivity index (χ0n) is 18.2. The molecule has 0 amide bonds. The Kier molecular flexibility index (Phi) is 4.69. The maximum Gasteiger partial charge on any atom is 0.182 e. The van der Waals surface area contributed by atoms with Crippen molar-refractivity contribution in [3.63, 3.8) is 0 Å². The number of rotatable bonds is 4. The first-order chi connectivity index (χ1) is 16.7. The molecular formula is C26H18FN7. The third-order valence-corrected chi connectivity index (χ3v) is 5.57. The molecule has 6 rings (SSSR count). The first-order valence-electron chi connectivity index (χ1n) is 10.7. The minimum Gasteiger partial charge on any atom is -0.309 e. The van der Waals surface area contributed by atoms with Crippen LogP contribution in [0.1, 0.15) is 5.56 Å². The summed E-state index contributed by atoms with van der Waals surface area (Å²) < 4.78 is 17.9. The number of nitrogens with zero attached hydrogens (tertiary/aromatic N) is 7. The molecule has 0 atom stereocenters. The summed E-state index contributed by atoms with van der Waals surface area (Å²) >= 11 is 0. The highest BCUT2D eigenvalue weighted by atomic mass is 19.1. The van der Waals surface area contributed by atoms with Gasteiger partial charge in [-0.05, 0) is 61.0 Å². The number of hydrogen-bond donors (Lipinski definition) is 0. The Hall–Kier alpha value is -4.72. The number of fused-ring (bicyclic) bond motifs is 1. The quantitative estimate of drug-likeness (QED) is 0.372. The number of aromatic nitrogens is 7. The summed E-state index contributed by atoms with van der Waals surface area (Å²) in [5.41, 5.74) is 4.06. The maximum atomic E-state index is 14.3. The fourth-order valence-corrected chi connectivity index (χ4v) is 3.77. The standard InChI is InChI=1S/C26H18FN7/c1-17-7-8-18(15-20(17)27)25-31-26(22-5-4-6-24(30-22)33-13-2-3-14-33)34(32-25)19-9-10-21-23(16-19)29-12-11-28-21/h2-16H,1H3. The van der Waals surface area contributed by atoms with E-state index in [1.165, 1.54) is 6.07 Å². The fraction of sp³-hybridized carbons (Fsp3) is 0.0385. The predicted molar refractivity (Wildman–Crippen MR) is 127 cm³/mol. The second-order valence-corrected chi connectivity index (χ2v) is 7.84. The average molecular weight is 447 g/mol. The van der Waals surface area contributed by atoms with Crippen LogP contribution in [0.4, 0.5) is 4.39 Å². The molecule has 4 aromatic heterocycles. The molecule has 0 aliphatic rings. The minimum absolute atomic E-state index is 0.302. The molecule has 0 aliphatic heterocycles. The van der Waals surface area contributed by atoms with Gasteiger partial charge >= 0.3 is 0 Å². The van der Waals surface area contributed by atoms with Gasteiger partial charge in [0, 0.05) is 30.4 Å². The Morgan fingerprint density at radius 3 is 2.44 bits per heavy atom. The van der Waals surface area contributed by atoms with Crippen LogP contribution in [0.5, 0.6) is 0 Å². The van der Waals surface area contributed by atoms with Crippen molar-refractivity contribution in [1.29, 1.82) is 0 Å². The summed E-state index contributed by atoms with van der Waals surface area (Å²) in [4.78, 5) is 18.3. The summed E-state index contributed by atoms with van der Waals surface area (Å²) in [7, 11) is 0. The predicted octanol–water partition coefficient (Wildman–Crippen LogP) is 5.18. The second kappa shape index (κ2) is 8.00. The highest BCUT2D eigenvalue weighted by Crippen LogP contribution is 2.27. The topological polar surface area (TPSA) is 74.3 Å². The molecule has 0 saturated carbocycles. The SMILES string of the molecule is Cc1ccc(-c2nc(-c3cccc(-n4cccc4)n3)n(-c3ccc4nccnc4c3)n2)cc1F. The summed E-state index contributed by atoms with van der Waals surface area (Å²) in [5.74, 6) is 1.39. The van der Waals surface area contributed by atoms with E-state index in [-0.39, 0.29) is 5.82 Å². The van der Waals surface area contributed by atoms with Crippen LogP contribution in [0.2, 0.25) is 0 Å². The van der Waals surface area contributed by atoms with E-state index < -0.39 is 0 Å². The van der Waals surface area contributed by atoms with Gasteiger partial charge in [-0.1, -0.05) is 18.2 Å². The molecule has 0 N–H and O–H groups in total.